The van der Waals surface area contributed by atoms with E-state index in [-0.39, 0.29) is 5.97 Å². The third-order valence-corrected chi connectivity index (χ3v) is 3.56. The van der Waals surface area contributed by atoms with E-state index in [0.29, 0.717) is 5.56 Å². The predicted octanol–water partition coefficient (Wildman–Crippen LogP) is 3.34. The Labute approximate surface area is 111 Å². The number of esters is 1. The first-order chi connectivity index (χ1) is 6.72. The highest BCUT2D eigenvalue weighted by atomic mass is 127. The van der Waals surface area contributed by atoms with Crippen LogP contribution in [0.25, 0.3) is 0 Å². The molecule has 0 aliphatic heterocycles. The zero-order valence-electron chi connectivity index (χ0n) is 7.72. The summed E-state index contributed by atoms with van der Waals surface area (Å²) in [6.45, 7) is 0. The molecule has 1 aromatic carbocycles. The van der Waals surface area contributed by atoms with Crippen molar-refractivity contribution in [2.24, 2.45) is 0 Å². The van der Waals surface area contributed by atoms with Crippen LogP contribution < -0.4 is 0 Å². The summed E-state index contributed by atoms with van der Waals surface area (Å²) in [5.41, 5.74) is 3.13. The van der Waals surface area contributed by atoms with Crippen LogP contribution in [0, 0.1) is 0 Å². The molecule has 0 saturated carbocycles. The first-order valence-corrected chi connectivity index (χ1v) is 7.10. The van der Waals surface area contributed by atoms with Gasteiger partial charge in [0.05, 0.1) is 12.7 Å². The van der Waals surface area contributed by atoms with E-state index >= 15 is 0 Å². The lowest BCUT2D eigenvalue weighted by Gasteiger charge is -2.06. The van der Waals surface area contributed by atoms with Gasteiger partial charge in [0.2, 0.25) is 0 Å². The van der Waals surface area contributed by atoms with Gasteiger partial charge in [0.25, 0.3) is 0 Å². The number of methoxy groups -OCH3 is 1. The van der Waals surface area contributed by atoms with Gasteiger partial charge in [-0.1, -0.05) is 51.2 Å². The molecule has 0 aromatic heterocycles. The molecular formula is C10H10I2O2. The summed E-state index contributed by atoms with van der Waals surface area (Å²) >= 11 is 4.62. The predicted molar refractivity (Wildman–Crippen MR) is 73.2 cm³/mol. The Hall–Kier alpha value is 0.150. The second-order valence-electron chi connectivity index (χ2n) is 2.74. The molecule has 1 aromatic rings. The summed E-state index contributed by atoms with van der Waals surface area (Å²) in [7, 11) is 1.40. The Bertz CT molecular complexity index is 337. The molecule has 0 atom stereocenters. The number of carbonyl (C=O) groups is 1. The molecular weight excluding hydrogens is 406 g/mol. The molecule has 76 valence electrons. The lowest BCUT2D eigenvalue weighted by Crippen LogP contribution is -2.02. The van der Waals surface area contributed by atoms with Crippen LogP contribution in [0.15, 0.2) is 18.2 Å². The number of hydrogen-bond acceptors (Lipinski definition) is 2. The largest absolute Gasteiger partial charge is 0.465 e. The van der Waals surface area contributed by atoms with Crippen LogP contribution >= 0.6 is 45.2 Å². The lowest BCUT2D eigenvalue weighted by molar-refractivity contribution is 0.0600. The molecule has 2 nitrogen and oxygen atoms in total. The van der Waals surface area contributed by atoms with Crippen molar-refractivity contribution in [1.29, 1.82) is 0 Å². The van der Waals surface area contributed by atoms with Gasteiger partial charge in [-0.25, -0.2) is 4.79 Å². The van der Waals surface area contributed by atoms with E-state index in [1.165, 1.54) is 18.2 Å². The van der Waals surface area contributed by atoms with E-state index < -0.39 is 0 Å². The van der Waals surface area contributed by atoms with Crippen molar-refractivity contribution in [3.63, 3.8) is 0 Å². The molecule has 0 heterocycles. The normalized spacial score (nSPS) is 9.93. The molecule has 1 rings (SSSR count). The summed E-state index contributed by atoms with van der Waals surface area (Å²) in [5, 5.41) is 0. The Morgan fingerprint density at radius 1 is 1.29 bits per heavy atom. The summed E-state index contributed by atoms with van der Waals surface area (Å²) < 4.78 is 6.55. The highest BCUT2D eigenvalue weighted by molar-refractivity contribution is 14.1. The van der Waals surface area contributed by atoms with Crippen LogP contribution in [0.1, 0.15) is 21.5 Å². The van der Waals surface area contributed by atoms with Crippen LogP contribution in [0.4, 0.5) is 0 Å². The van der Waals surface area contributed by atoms with Crippen LogP contribution in [0.2, 0.25) is 0 Å². The Morgan fingerprint density at radius 2 is 1.93 bits per heavy atom. The van der Waals surface area contributed by atoms with Gasteiger partial charge in [-0.2, -0.15) is 0 Å². The monoisotopic (exact) mass is 416 g/mol. The first kappa shape index (κ1) is 12.2. The molecule has 0 saturated heterocycles. The minimum Gasteiger partial charge on any atom is -0.465 e. The van der Waals surface area contributed by atoms with Gasteiger partial charge in [-0.05, 0) is 23.3 Å². The maximum atomic E-state index is 11.3. The molecule has 0 radical (unpaired) electrons. The van der Waals surface area contributed by atoms with Gasteiger partial charge >= 0.3 is 5.97 Å². The summed E-state index contributed by atoms with van der Waals surface area (Å²) in [6, 6.07) is 5.72. The smallest absolute Gasteiger partial charge is 0.337 e. The second kappa shape index (κ2) is 5.89. The zero-order chi connectivity index (χ0) is 10.6. The van der Waals surface area contributed by atoms with Crippen molar-refractivity contribution in [3.8, 4) is 0 Å². The lowest BCUT2D eigenvalue weighted by atomic mass is 10.1. The number of rotatable bonds is 3. The number of alkyl halides is 2. The number of hydrogen-bond donors (Lipinski definition) is 0. The van der Waals surface area contributed by atoms with Crippen molar-refractivity contribution in [2.75, 3.05) is 7.11 Å². The number of halogens is 2. The van der Waals surface area contributed by atoms with Crippen molar-refractivity contribution < 1.29 is 9.53 Å². The van der Waals surface area contributed by atoms with Crippen molar-refractivity contribution in [3.05, 3.63) is 34.9 Å². The van der Waals surface area contributed by atoms with E-state index in [0.717, 1.165) is 8.86 Å². The minimum absolute atomic E-state index is 0.267. The van der Waals surface area contributed by atoms with Crippen molar-refractivity contribution in [1.82, 2.24) is 0 Å². The van der Waals surface area contributed by atoms with E-state index in [9.17, 15) is 4.79 Å². The molecule has 0 unspecified atom stereocenters. The average Bonchev–Trinajstić information content (AvgIpc) is 2.26. The maximum Gasteiger partial charge on any atom is 0.337 e. The molecule has 0 aliphatic carbocycles. The van der Waals surface area contributed by atoms with E-state index in [1.54, 1.807) is 0 Å². The fourth-order valence-electron chi connectivity index (χ4n) is 1.13. The SMILES string of the molecule is COC(=O)c1ccc(CI)c(CI)c1. The van der Waals surface area contributed by atoms with Crippen LogP contribution in [-0.2, 0) is 13.6 Å². The average molecular weight is 416 g/mol. The van der Waals surface area contributed by atoms with Gasteiger partial charge < -0.3 is 4.74 Å². The quantitative estimate of drug-likeness (QED) is 0.430. The molecule has 0 spiro atoms. The Kier molecular flexibility index (Phi) is 5.14. The molecule has 0 N–H and O–H groups in total. The van der Waals surface area contributed by atoms with Crippen LogP contribution in [0.5, 0.6) is 0 Å². The fourth-order valence-corrected chi connectivity index (χ4v) is 2.58. The molecule has 0 bridgehead atoms. The second-order valence-corrected chi connectivity index (χ2v) is 4.27. The number of benzene rings is 1. The van der Waals surface area contributed by atoms with E-state index in [4.69, 9.17) is 0 Å². The zero-order valence-corrected chi connectivity index (χ0v) is 12.0. The highest BCUT2D eigenvalue weighted by Gasteiger charge is 2.08. The topological polar surface area (TPSA) is 26.3 Å². The van der Waals surface area contributed by atoms with Gasteiger partial charge in [0.15, 0.2) is 0 Å². The summed E-state index contributed by atoms with van der Waals surface area (Å²) in [4.78, 5) is 11.3. The minimum atomic E-state index is -0.267. The van der Waals surface area contributed by atoms with Crippen molar-refractivity contribution in [2.45, 2.75) is 8.86 Å². The third kappa shape index (κ3) is 2.82. The molecule has 0 fully saturated rings. The van der Waals surface area contributed by atoms with Crippen molar-refractivity contribution >= 4 is 51.2 Å². The molecule has 14 heavy (non-hydrogen) atoms. The number of carbonyl (C=O) groups excluding carboxylic acids is 1. The third-order valence-electron chi connectivity index (χ3n) is 1.92. The van der Waals surface area contributed by atoms with Gasteiger partial charge in [0, 0.05) is 8.86 Å². The molecule has 0 amide bonds. The molecule has 0 aliphatic rings. The van der Waals surface area contributed by atoms with Crippen LogP contribution in [0.3, 0.4) is 0 Å². The summed E-state index contributed by atoms with van der Waals surface area (Å²) in [5.74, 6) is -0.267. The number of ether oxygens (including phenoxy) is 1. The van der Waals surface area contributed by atoms with E-state index in [1.807, 2.05) is 18.2 Å². The fraction of sp³-hybridized carbons (Fsp3) is 0.300. The van der Waals surface area contributed by atoms with Crippen LogP contribution in [-0.4, -0.2) is 13.1 Å². The standard InChI is InChI=1S/C10H10I2O2/c1-14-10(13)7-2-3-8(5-11)9(4-7)6-12/h2-4H,5-6H2,1H3. The first-order valence-electron chi connectivity index (χ1n) is 4.05. The molecule has 4 heteroatoms. The summed E-state index contributed by atoms with van der Waals surface area (Å²) in [6.07, 6.45) is 0. The van der Waals surface area contributed by atoms with Gasteiger partial charge in [-0.15, -0.1) is 0 Å². The van der Waals surface area contributed by atoms with E-state index in [2.05, 4.69) is 49.9 Å². The Balaban J connectivity index is 3.07. The maximum absolute atomic E-state index is 11.3. The Morgan fingerprint density at radius 3 is 2.43 bits per heavy atom. The highest BCUT2D eigenvalue weighted by Crippen LogP contribution is 2.18. The van der Waals surface area contributed by atoms with Gasteiger partial charge in [-0.3, -0.25) is 0 Å². The van der Waals surface area contributed by atoms with Gasteiger partial charge in [0.1, 0.15) is 0 Å².